The second kappa shape index (κ2) is 5.07. The minimum Gasteiger partial charge on any atom is -0.496 e. The SMILES string of the molecule is COc1cc(C)c(C2CNCO2)cc1C(C)C. The summed E-state index contributed by atoms with van der Waals surface area (Å²) in [6.07, 6.45) is 0.179. The number of rotatable bonds is 3. The van der Waals surface area contributed by atoms with Crippen LogP contribution >= 0.6 is 0 Å². The Balaban J connectivity index is 2.42. The van der Waals surface area contributed by atoms with Crippen molar-refractivity contribution in [2.45, 2.75) is 32.8 Å². The second-order valence-electron chi connectivity index (χ2n) is 4.86. The first-order chi connectivity index (χ1) is 8.13. The van der Waals surface area contributed by atoms with E-state index in [1.165, 1.54) is 16.7 Å². The van der Waals surface area contributed by atoms with E-state index in [0.717, 1.165) is 12.3 Å². The lowest BCUT2D eigenvalue weighted by molar-refractivity contribution is 0.113. The van der Waals surface area contributed by atoms with E-state index in [2.05, 4.69) is 38.2 Å². The molecular formula is C14H21NO2. The molecule has 3 heteroatoms. The summed E-state index contributed by atoms with van der Waals surface area (Å²) in [4.78, 5) is 0. The van der Waals surface area contributed by atoms with E-state index in [9.17, 15) is 0 Å². The first kappa shape index (κ1) is 12.4. The fourth-order valence-corrected chi connectivity index (χ4v) is 2.30. The lowest BCUT2D eigenvalue weighted by Crippen LogP contribution is -2.09. The van der Waals surface area contributed by atoms with Crippen molar-refractivity contribution in [2.24, 2.45) is 0 Å². The van der Waals surface area contributed by atoms with Crippen LogP contribution in [0.15, 0.2) is 12.1 Å². The highest BCUT2D eigenvalue weighted by molar-refractivity contribution is 5.45. The maximum absolute atomic E-state index is 5.68. The number of ether oxygens (including phenoxy) is 2. The maximum Gasteiger partial charge on any atom is 0.122 e. The Kier molecular flexibility index (Phi) is 3.69. The van der Waals surface area contributed by atoms with Gasteiger partial charge in [-0.1, -0.05) is 13.8 Å². The third-order valence-electron chi connectivity index (χ3n) is 3.30. The minimum atomic E-state index is 0.179. The van der Waals surface area contributed by atoms with E-state index in [-0.39, 0.29) is 6.10 Å². The van der Waals surface area contributed by atoms with Crippen molar-refractivity contribution < 1.29 is 9.47 Å². The van der Waals surface area contributed by atoms with E-state index in [0.29, 0.717) is 12.6 Å². The summed E-state index contributed by atoms with van der Waals surface area (Å²) in [6.45, 7) is 8.02. The molecule has 17 heavy (non-hydrogen) atoms. The van der Waals surface area contributed by atoms with Gasteiger partial charge in [0, 0.05) is 6.54 Å². The van der Waals surface area contributed by atoms with Crippen molar-refractivity contribution in [1.29, 1.82) is 0 Å². The third kappa shape index (κ3) is 2.45. The first-order valence-corrected chi connectivity index (χ1v) is 6.14. The predicted octanol–water partition coefficient (Wildman–Crippen LogP) is 2.75. The number of nitrogens with one attached hydrogen (secondary N) is 1. The van der Waals surface area contributed by atoms with E-state index in [4.69, 9.17) is 9.47 Å². The second-order valence-corrected chi connectivity index (χ2v) is 4.86. The number of methoxy groups -OCH3 is 1. The quantitative estimate of drug-likeness (QED) is 0.874. The summed E-state index contributed by atoms with van der Waals surface area (Å²) < 4.78 is 11.1. The topological polar surface area (TPSA) is 30.5 Å². The molecule has 0 radical (unpaired) electrons. The summed E-state index contributed by atoms with van der Waals surface area (Å²) in [7, 11) is 1.73. The molecule has 1 saturated heterocycles. The van der Waals surface area contributed by atoms with Gasteiger partial charge in [-0.2, -0.15) is 0 Å². The minimum absolute atomic E-state index is 0.179. The summed E-state index contributed by atoms with van der Waals surface area (Å²) >= 11 is 0. The lowest BCUT2D eigenvalue weighted by atomic mass is 9.94. The lowest BCUT2D eigenvalue weighted by Gasteiger charge is -2.18. The van der Waals surface area contributed by atoms with Crippen LogP contribution in [0, 0.1) is 6.92 Å². The van der Waals surface area contributed by atoms with Crippen LogP contribution in [0.1, 0.15) is 42.6 Å². The van der Waals surface area contributed by atoms with Gasteiger partial charge in [0.2, 0.25) is 0 Å². The van der Waals surface area contributed by atoms with E-state index in [1.807, 2.05) is 0 Å². The van der Waals surface area contributed by atoms with Crippen molar-refractivity contribution in [2.75, 3.05) is 20.4 Å². The Bertz CT molecular complexity index is 395. The van der Waals surface area contributed by atoms with E-state index in [1.54, 1.807) is 7.11 Å². The zero-order valence-corrected chi connectivity index (χ0v) is 11.0. The van der Waals surface area contributed by atoms with E-state index < -0.39 is 0 Å². The Labute approximate surface area is 103 Å². The molecule has 0 bridgehead atoms. The highest BCUT2D eigenvalue weighted by atomic mass is 16.5. The zero-order valence-electron chi connectivity index (χ0n) is 11.0. The Morgan fingerprint density at radius 3 is 2.71 bits per heavy atom. The van der Waals surface area contributed by atoms with Gasteiger partial charge in [-0.05, 0) is 41.7 Å². The predicted molar refractivity (Wildman–Crippen MR) is 68.5 cm³/mol. The standard InChI is InChI=1S/C14H21NO2/c1-9(2)11-6-12(14-7-15-8-17-14)10(3)5-13(11)16-4/h5-6,9,14-15H,7-8H2,1-4H3. The molecule has 1 unspecified atom stereocenters. The Morgan fingerprint density at radius 2 is 2.18 bits per heavy atom. The van der Waals surface area contributed by atoms with Gasteiger partial charge in [0.25, 0.3) is 0 Å². The van der Waals surface area contributed by atoms with Crippen LogP contribution in [0.2, 0.25) is 0 Å². The molecule has 1 fully saturated rings. The molecule has 3 nitrogen and oxygen atoms in total. The fourth-order valence-electron chi connectivity index (χ4n) is 2.30. The smallest absolute Gasteiger partial charge is 0.122 e. The third-order valence-corrected chi connectivity index (χ3v) is 3.30. The maximum atomic E-state index is 5.68. The number of hydrogen-bond donors (Lipinski definition) is 1. The number of benzene rings is 1. The average Bonchev–Trinajstić information content (AvgIpc) is 2.81. The summed E-state index contributed by atoms with van der Waals surface area (Å²) in [5.74, 6) is 1.44. The molecular weight excluding hydrogens is 214 g/mol. The zero-order chi connectivity index (χ0) is 12.4. The van der Waals surface area contributed by atoms with Gasteiger partial charge in [-0.3, -0.25) is 5.32 Å². The van der Waals surface area contributed by atoms with Crippen molar-refractivity contribution >= 4 is 0 Å². The van der Waals surface area contributed by atoms with Crippen LogP contribution in [0.3, 0.4) is 0 Å². The number of aryl methyl sites for hydroxylation is 1. The number of hydrogen-bond acceptors (Lipinski definition) is 3. The molecule has 1 aromatic rings. The highest BCUT2D eigenvalue weighted by Gasteiger charge is 2.21. The fraction of sp³-hybridized carbons (Fsp3) is 0.571. The highest BCUT2D eigenvalue weighted by Crippen LogP contribution is 2.33. The Hall–Kier alpha value is -1.06. The normalized spacial score (nSPS) is 19.9. The van der Waals surface area contributed by atoms with Gasteiger partial charge in [-0.25, -0.2) is 0 Å². The molecule has 1 heterocycles. The van der Waals surface area contributed by atoms with Crippen molar-refractivity contribution in [3.05, 3.63) is 28.8 Å². The van der Waals surface area contributed by atoms with Crippen LogP contribution in [-0.4, -0.2) is 20.4 Å². The molecule has 0 saturated carbocycles. The molecule has 1 aliphatic heterocycles. The molecule has 94 valence electrons. The van der Waals surface area contributed by atoms with Crippen LogP contribution in [0.4, 0.5) is 0 Å². The van der Waals surface area contributed by atoms with Crippen molar-refractivity contribution in [1.82, 2.24) is 5.32 Å². The molecule has 1 aliphatic rings. The van der Waals surface area contributed by atoms with Gasteiger partial charge < -0.3 is 9.47 Å². The van der Waals surface area contributed by atoms with Crippen LogP contribution in [0.25, 0.3) is 0 Å². The monoisotopic (exact) mass is 235 g/mol. The summed E-state index contributed by atoms with van der Waals surface area (Å²) in [5.41, 5.74) is 3.77. The van der Waals surface area contributed by atoms with Gasteiger partial charge in [0.15, 0.2) is 0 Å². The van der Waals surface area contributed by atoms with Crippen LogP contribution in [0.5, 0.6) is 5.75 Å². The molecule has 0 aromatic heterocycles. The summed E-state index contributed by atoms with van der Waals surface area (Å²) in [5, 5.41) is 3.22. The van der Waals surface area contributed by atoms with Gasteiger partial charge in [0.1, 0.15) is 5.75 Å². The Morgan fingerprint density at radius 1 is 1.41 bits per heavy atom. The first-order valence-electron chi connectivity index (χ1n) is 6.14. The molecule has 1 atom stereocenters. The summed E-state index contributed by atoms with van der Waals surface area (Å²) in [6, 6.07) is 4.35. The average molecular weight is 235 g/mol. The molecule has 0 amide bonds. The van der Waals surface area contributed by atoms with Gasteiger partial charge >= 0.3 is 0 Å². The van der Waals surface area contributed by atoms with Crippen LogP contribution < -0.4 is 10.1 Å². The largest absolute Gasteiger partial charge is 0.496 e. The van der Waals surface area contributed by atoms with E-state index >= 15 is 0 Å². The van der Waals surface area contributed by atoms with Crippen molar-refractivity contribution in [3.8, 4) is 5.75 Å². The molecule has 0 aliphatic carbocycles. The molecule has 0 spiro atoms. The van der Waals surface area contributed by atoms with Crippen LogP contribution in [-0.2, 0) is 4.74 Å². The van der Waals surface area contributed by atoms with Gasteiger partial charge in [-0.15, -0.1) is 0 Å². The molecule has 2 rings (SSSR count). The molecule has 1 aromatic carbocycles. The molecule has 1 N–H and O–H groups in total. The van der Waals surface area contributed by atoms with Crippen molar-refractivity contribution in [3.63, 3.8) is 0 Å². The van der Waals surface area contributed by atoms with Gasteiger partial charge in [0.05, 0.1) is 19.9 Å².